The first-order valence-electron chi connectivity index (χ1n) is 8.06. The van der Waals surface area contributed by atoms with Gasteiger partial charge in [-0.05, 0) is 82.0 Å². The van der Waals surface area contributed by atoms with Crippen LogP contribution in [-0.2, 0) is 4.74 Å². The van der Waals surface area contributed by atoms with Gasteiger partial charge < -0.3 is 4.74 Å². The minimum atomic E-state index is 0.564. The average Bonchev–Trinajstić information content (AvgIpc) is 3.16. The fraction of sp³-hybridized carbons (Fsp3) is 0.882. The molecular weight excluding hydrogens is 220 g/mol. The molecule has 1 heterocycles. The van der Waals surface area contributed by atoms with Gasteiger partial charge in [0.15, 0.2) is 0 Å². The summed E-state index contributed by atoms with van der Waals surface area (Å²) in [6.45, 7) is 6.18. The molecule has 1 heteroatoms. The molecule has 0 aromatic carbocycles. The van der Waals surface area contributed by atoms with E-state index in [0.29, 0.717) is 12.2 Å². The summed E-state index contributed by atoms with van der Waals surface area (Å²) >= 11 is 0. The Kier molecular flexibility index (Phi) is 3.79. The molecule has 2 atom stereocenters. The largest absolute Gasteiger partial charge is 0.370 e. The number of rotatable bonds is 3. The predicted octanol–water partition coefficient (Wildman–Crippen LogP) is 4.57. The zero-order valence-corrected chi connectivity index (χ0v) is 11.8. The van der Waals surface area contributed by atoms with Gasteiger partial charge in [0.2, 0.25) is 0 Å². The van der Waals surface area contributed by atoms with Crippen molar-refractivity contribution in [1.82, 2.24) is 0 Å². The zero-order valence-electron chi connectivity index (χ0n) is 11.8. The van der Waals surface area contributed by atoms with Crippen LogP contribution in [0.2, 0.25) is 0 Å². The Morgan fingerprint density at radius 2 is 1.28 bits per heavy atom. The molecule has 0 bridgehead atoms. The van der Waals surface area contributed by atoms with Crippen LogP contribution in [0.5, 0.6) is 0 Å². The summed E-state index contributed by atoms with van der Waals surface area (Å²) < 4.78 is 5.65. The van der Waals surface area contributed by atoms with Crippen LogP contribution in [-0.4, -0.2) is 12.2 Å². The molecule has 102 valence electrons. The smallest absolute Gasteiger partial charge is 0.0867 e. The zero-order chi connectivity index (χ0) is 12.5. The third-order valence-electron chi connectivity index (χ3n) is 5.86. The Hall–Kier alpha value is -0.300. The van der Waals surface area contributed by atoms with Gasteiger partial charge in [-0.2, -0.15) is 0 Å². The topological polar surface area (TPSA) is 12.5 Å². The molecule has 0 aromatic heterocycles. The molecule has 0 radical (unpaired) electrons. The quantitative estimate of drug-likeness (QED) is 0.526. The summed E-state index contributed by atoms with van der Waals surface area (Å²) in [5, 5.41) is 0. The van der Waals surface area contributed by atoms with Gasteiger partial charge in [-0.1, -0.05) is 6.08 Å². The monoisotopic (exact) mass is 248 g/mol. The summed E-state index contributed by atoms with van der Waals surface area (Å²) in [4.78, 5) is 0. The first kappa shape index (κ1) is 12.7. The van der Waals surface area contributed by atoms with E-state index in [1.807, 2.05) is 0 Å². The van der Waals surface area contributed by atoms with E-state index >= 15 is 0 Å². The van der Waals surface area contributed by atoms with Crippen molar-refractivity contribution in [3.63, 3.8) is 0 Å². The molecule has 0 amide bonds. The molecule has 2 unspecified atom stereocenters. The molecule has 3 fully saturated rings. The summed E-state index contributed by atoms with van der Waals surface area (Å²) in [5.41, 5.74) is 0. The maximum Gasteiger partial charge on any atom is 0.0867 e. The van der Waals surface area contributed by atoms with Crippen LogP contribution in [0.4, 0.5) is 0 Å². The van der Waals surface area contributed by atoms with Crippen molar-refractivity contribution in [2.45, 2.75) is 70.5 Å². The molecule has 0 N–H and O–H groups in total. The minimum Gasteiger partial charge on any atom is -0.370 e. The first-order chi connectivity index (χ1) is 8.78. The van der Waals surface area contributed by atoms with Crippen LogP contribution >= 0.6 is 0 Å². The SMILES string of the molecule is C=CC1CCC(C2CCC(C3OC3C)CC2)CC1. The molecule has 2 aliphatic carbocycles. The highest BCUT2D eigenvalue weighted by molar-refractivity contribution is 4.92. The van der Waals surface area contributed by atoms with Crippen molar-refractivity contribution in [1.29, 1.82) is 0 Å². The van der Waals surface area contributed by atoms with Gasteiger partial charge in [-0.25, -0.2) is 0 Å². The predicted molar refractivity (Wildman–Crippen MR) is 75.4 cm³/mol. The second kappa shape index (κ2) is 5.36. The Balaban J connectivity index is 1.44. The molecular formula is C17H28O. The molecule has 0 aromatic rings. The number of ether oxygens (including phenoxy) is 1. The molecule has 1 saturated heterocycles. The highest BCUT2D eigenvalue weighted by Gasteiger charge is 2.43. The van der Waals surface area contributed by atoms with Crippen LogP contribution in [0.3, 0.4) is 0 Å². The van der Waals surface area contributed by atoms with Gasteiger partial charge in [-0.15, -0.1) is 6.58 Å². The summed E-state index contributed by atoms with van der Waals surface area (Å²) in [6.07, 6.45) is 14.9. The van der Waals surface area contributed by atoms with E-state index < -0.39 is 0 Å². The Morgan fingerprint density at radius 3 is 1.72 bits per heavy atom. The lowest BCUT2D eigenvalue weighted by atomic mass is 9.68. The van der Waals surface area contributed by atoms with Gasteiger partial charge in [0.25, 0.3) is 0 Å². The standard InChI is InChI=1S/C17H28O/c1-3-13-4-6-14(7-5-13)15-8-10-16(11-9-15)17-12(2)18-17/h3,12-17H,1,4-11H2,2H3. The maximum atomic E-state index is 5.65. The van der Waals surface area contributed by atoms with E-state index in [9.17, 15) is 0 Å². The van der Waals surface area contributed by atoms with E-state index in [0.717, 1.165) is 23.7 Å². The number of hydrogen-bond donors (Lipinski definition) is 0. The lowest BCUT2D eigenvalue weighted by Gasteiger charge is -2.37. The highest BCUT2D eigenvalue weighted by Crippen LogP contribution is 2.45. The highest BCUT2D eigenvalue weighted by atomic mass is 16.6. The Labute approximate surface area is 112 Å². The minimum absolute atomic E-state index is 0.564. The third-order valence-corrected chi connectivity index (χ3v) is 5.86. The Bertz CT molecular complexity index is 282. The van der Waals surface area contributed by atoms with Crippen molar-refractivity contribution < 1.29 is 4.74 Å². The first-order valence-corrected chi connectivity index (χ1v) is 8.06. The molecule has 0 spiro atoms. The van der Waals surface area contributed by atoms with Crippen molar-refractivity contribution in [2.24, 2.45) is 23.7 Å². The van der Waals surface area contributed by atoms with E-state index in [2.05, 4.69) is 19.6 Å². The van der Waals surface area contributed by atoms with Crippen LogP contribution in [0.1, 0.15) is 58.3 Å². The lowest BCUT2D eigenvalue weighted by molar-refractivity contribution is 0.143. The molecule has 3 rings (SSSR count). The fourth-order valence-corrected chi connectivity index (χ4v) is 4.49. The number of allylic oxidation sites excluding steroid dienone is 1. The second-order valence-corrected chi connectivity index (χ2v) is 6.89. The van der Waals surface area contributed by atoms with Gasteiger partial charge >= 0.3 is 0 Å². The summed E-state index contributed by atoms with van der Waals surface area (Å²) in [7, 11) is 0. The number of hydrogen-bond acceptors (Lipinski definition) is 1. The Morgan fingerprint density at radius 1 is 0.833 bits per heavy atom. The second-order valence-electron chi connectivity index (χ2n) is 6.89. The average molecular weight is 248 g/mol. The number of epoxide rings is 1. The van der Waals surface area contributed by atoms with Crippen molar-refractivity contribution in [3.8, 4) is 0 Å². The molecule has 18 heavy (non-hydrogen) atoms. The van der Waals surface area contributed by atoms with Crippen LogP contribution in [0, 0.1) is 23.7 Å². The third kappa shape index (κ3) is 2.66. The van der Waals surface area contributed by atoms with Crippen molar-refractivity contribution in [3.05, 3.63) is 12.7 Å². The molecule has 2 saturated carbocycles. The van der Waals surface area contributed by atoms with Gasteiger partial charge in [-0.3, -0.25) is 0 Å². The lowest BCUT2D eigenvalue weighted by Crippen LogP contribution is -2.27. The van der Waals surface area contributed by atoms with E-state index in [1.165, 1.54) is 51.4 Å². The molecule has 1 aliphatic heterocycles. The normalized spacial score (nSPS) is 48.7. The van der Waals surface area contributed by atoms with Gasteiger partial charge in [0.05, 0.1) is 12.2 Å². The summed E-state index contributed by atoms with van der Waals surface area (Å²) in [5.74, 6) is 3.76. The molecule has 1 nitrogen and oxygen atoms in total. The maximum absolute atomic E-state index is 5.65. The summed E-state index contributed by atoms with van der Waals surface area (Å²) in [6, 6.07) is 0. The van der Waals surface area contributed by atoms with E-state index in [1.54, 1.807) is 0 Å². The van der Waals surface area contributed by atoms with Crippen LogP contribution in [0.15, 0.2) is 12.7 Å². The van der Waals surface area contributed by atoms with E-state index in [4.69, 9.17) is 4.74 Å². The van der Waals surface area contributed by atoms with Crippen molar-refractivity contribution >= 4 is 0 Å². The van der Waals surface area contributed by atoms with Crippen molar-refractivity contribution in [2.75, 3.05) is 0 Å². The van der Waals surface area contributed by atoms with Gasteiger partial charge in [0.1, 0.15) is 0 Å². The van der Waals surface area contributed by atoms with Crippen LogP contribution < -0.4 is 0 Å². The van der Waals surface area contributed by atoms with Gasteiger partial charge in [0, 0.05) is 0 Å². The van der Waals surface area contributed by atoms with Crippen LogP contribution in [0.25, 0.3) is 0 Å². The molecule has 3 aliphatic rings. The fourth-order valence-electron chi connectivity index (χ4n) is 4.49. The van der Waals surface area contributed by atoms with E-state index in [-0.39, 0.29) is 0 Å².